The molecule has 108 valence electrons. The lowest BCUT2D eigenvalue weighted by atomic mass is 9.99. The maximum absolute atomic E-state index is 11.7. The lowest BCUT2D eigenvalue weighted by Gasteiger charge is -2.26. The topological polar surface area (TPSA) is 67.6 Å². The fourth-order valence-corrected chi connectivity index (χ4v) is 3.10. The number of benzene rings is 1. The zero-order chi connectivity index (χ0) is 14.3. The predicted molar refractivity (Wildman–Crippen MR) is 77.7 cm³/mol. The molecule has 2 aliphatic heterocycles. The van der Waals surface area contributed by atoms with Gasteiger partial charge in [0.15, 0.2) is 6.10 Å². The molecule has 0 bridgehead atoms. The molecule has 5 nitrogen and oxygen atoms in total. The molecular weight excluding hydrogens is 254 g/mol. The van der Waals surface area contributed by atoms with Crippen LogP contribution >= 0.6 is 0 Å². The number of hydrogen-bond donors (Lipinski definition) is 2. The number of carbonyl (C=O) groups excluding carboxylic acids is 1. The van der Waals surface area contributed by atoms with Crippen LogP contribution in [0.25, 0.3) is 0 Å². The Morgan fingerprint density at radius 1 is 1.50 bits per heavy atom. The van der Waals surface area contributed by atoms with E-state index in [4.69, 9.17) is 10.5 Å². The molecule has 2 heterocycles. The van der Waals surface area contributed by atoms with Gasteiger partial charge in [-0.3, -0.25) is 9.69 Å². The third-order valence-corrected chi connectivity index (χ3v) is 4.29. The third-order valence-electron chi connectivity index (χ3n) is 4.29. The number of carbonyl (C=O) groups is 1. The summed E-state index contributed by atoms with van der Waals surface area (Å²) in [6.07, 6.45) is 0.640. The first-order valence-electron chi connectivity index (χ1n) is 7.10. The van der Waals surface area contributed by atoms with Gasteiger partial charge in [0.2, 0.25) is 0 Å². The second-order valence-electron chi connectivity index (χ2n) is 5.80. The number of ether oxygens (including phenoxy) is 1. The molecule has 1 aromatic rings. The van der Waals surface area contributed by atoms with Crippen LogP contribution in [0.2, 0.25) is 0 Å². The molecule has 0 saturated carbocycles. The summed E-state index contributed by atoms with van der Waals surface area (Å²) in [5.74, 6) is 1.21. The minimum absolute atomic E-state index is 0.0886. The molecule has 3 atom stereocenters. The van der Waals surface area contributed by atoms with E-state index in [1.54, 1.807) is 6.92 Å². The van der Waals surface area contributed by atoms with E-state index < -0.39 is 6.10 Å². The van der Waals surface area contributed by atoms with Crippen molar-refractivity contribution < 1.29 is 9.53 Å². The van der Waals surface area contributed by atoms with Crippen molar-refractivity contribution in [3.63, 3.8) is 0 Å². The molecule has 0 aliphatic carbocycles. The Balaban J connectivity index is 1.86. The van der Waals surface area contributed by atoms with Gasteiger partial charge in [0, 0.05) is 12.6 Å². The Bertz CT molecular complexity index is 532. The first-order chi connectivity index (χ1) is 9.58. The summed E-state index contributed by atoms with van der Waals surface area (Å²) in [4.78, 5) is 14.0. The van der Waals surface area contributed by atoms with Gasteiger partial charge < -0.3 is 15.8 Å². The fraction of sp³-hybridized carbons (Fsp3) is 0.533. The van der Waals surface area contributed by atoms with Gasteiger partial charge in [-0.05, 0) is 50.6 Å². The number of nitrogens with zero attached hydrogens (tertiary/aromatic N) is 1. The fourth-order valence-electron chi connectivity index (χ4n) is 3.10. The molecule has 0 aromatic heterocycles. The molecule has 3 rings (SSSR count). The number of rotatable bonds is 2. The van der Waals surface area contributed by atoms with Crippen molar-refractivity contribution in [2.75, 3.05) is 25.5 Å². The second-order valence-corrected chi connectivity index (χ2v) is 5.80. The summed E-state index contributed by atoms with van der Waals surface area (Å²) >= 11 is 0. The molecule has 20 heavy (non-hydrogen) atoms. The van der Waals surface area contributed by atoms with Crippen molar-refractivity contribution >= 4 is 11.6 Å². The lowest BCUT2D eigenvalue weighted by Crippen LogP contribution is -2.34. The Hall–Kier alpha value is -1.59. The number of nitrogens with one attached hydrogen (secondary N) is 1. The van der Waals surface area contributed by atoms with Gasteiger partial charge in [0.1, 0.15) is 5.75 Å². The molecule has 3 N–H and O–H groups in total. The highest BCUT2D eigenvalue weighted by atomic mass is 16.5. The highest BCUT2D eigenvalue weighted by Gasteiger charge is 2.31. The van der Waals surface area contributed by atoms with Crippen LogP contribution in [0.4, 0.5) is 5.69 Å². The molecule has 1 amide bonds. The molecule has 3 unspecified atom stereocenters. The van der Waals surface area contributed by atoms with E-state index in [0.29, 0.717) is 12.0 Å². The smallest absolute Gasteiger partial charge is 0.265 e. The standard InChI is InChI=1S/C15H21N3O2/c1-9-15(19)17-12-6-11(3-4-14(12)20-9)13-5-10(7-16)8-18(13)2/h3-4,6,9-10,13H,5,7-8,16H2,1-2H3,(H,17,19). The van der Waals surface area contributed by atoms with Crippen molar-refractivity contribution in [1.29, 1.82) is 0 Å². The first kappa shape index (κ1) is 13.4. The molecule has 1 fully saturated rings. The largest absolute Gasteiger partial charge is 0.479 e. The van der Waals surface area contributed by atoms with E-state index in [0.717, 1.165) is 30.9 Å². The maximum atomic E-state index is 11.7. The number of likely N-dealkylation sites (tertiary alicyclic amines) is 1. The number of hydrogen-bond acceptors (Lipinski definition) is 4. The number of amides is 1. The van der Waals surface area contributed by atoms with Crippen molar-refractivity contribution in [3.05, 3.63) is 23.8 Å². The van der Waals surface area contributed by atoms with Crippen molar-refractivity contribution in [3.8, 4) is 5.75 Å². The Kier molecular flexibility index (Phi) is 3.40. The highest BCUT2D eigenvalue weighted by molar-refractivity contribution is 5.97. The molecule has 1 aromatic carbocycles. The lowest BCUT2D eigenvalue weighted by molar-refractivity contribution is -0.122. The monoisotopic (exact) mass is 275 g/mol. The number of nitrogens with two attached hydrogens (primary N) is 1. The van der Waals surface area contributed by atoms with Gasteiger partial charge in [0.05, 0.1) is 5.69 Å². The van der Waals surface area contributed by atoms with Crippen LogP contribution in [-0.2, 0) is 4.79 Å². The molecule has 0 spiro atoms. The van der Waals surface area contributed by atoms with E-state index in [1.165, 1.54) is 5.56 Å². The minimum atomic E-state index is -0.427. The SMILES string of the molecule is CC1Oc2ccc(C3CC(CN)CN3C)cc2NC1=O. The van der Waals surface area contributed by atoms with E-state index in [1.807, 2.05) is 12.1 Å². The van der Waals surface area contributed by atoms with E-state index in [-0.39, 0.29) is 5.91 Å². The summed E-state index contributed by atoms with van der Waals surface area (Å²) in [5, 5.41) is 2.91. The number of anilines is 1. The van der Waals surface area contributed by atoms with Gasteiger partial charge in [-0.15, -0.1) is 0 Å². The zero-order valence-corrected chi connectivity index (χ0v) is 11.9. The quantitative estimate of drug-likeness (QED) is 0.855. The van der Waals surface area contributed by atoms with Crippen LogP contribution in [0.3, 0.4) is 0 Å². The van der Waals surface area contributed by atoms with E-state index in [2.05, 4.69) is 23.3 Å². The van der Waals surface area contributed by atoms with Gasteiger partial charge in [0.25, 0.3) is 5.91 Å². The molecule has 0 radical (unpaired) electrons. The Morgan fingerprint density at radius 3 is 3.00 bits per heavy atom. The molecular formula is C15H21N3O2. The predicted octanol–water partition coefficient (Wildman–Crippen LogP) is 1.36. The van der Waals surface area contributed by atoms with Crippen LogP contribution in [0.15, 0.2) is 18.2 Å². The summed E-state index contributed by atoms with van der Waals surface area (Å²) in [6, 6.07) is 6.43. The maximum Gasteiger partial charge on any atom is 0.265 e. The minimum Gasteiger partial charge on any atom is -0.479 e. The Morgan fingerprint density at radius 2 is 2.30 bits per heavy atom. The Labute approximate surface area is 119 Å². The first-order valence-corrected chi connectivity index (χ1v) is 7.10. The average molecular weight is 275 g/mol. The summed E-state index contributed by atoms with van der Waals surface area (Å²) in [5.41, 5.74) is 7.76. The number of fused-ring (bicyclic) bond motifs is 1. The molecule has 5 heteroatoms. The molecule has 1 saturated heterocycles. The average Bonchev–Trinajstić information content (AvgIpc) is 2.81. The van der Waals surface area contributed by atoms with Crippen LogP contribution in [-0.4, -0.2) is 37.0 Å². The third kappa shape index (κ3) is 2.27. The van der Waals surface area contributed by atoms with Gasteiger partial charge in [-0.25, -0.2) is 0 Å². The highest BCUT2D eigenvalue weighted by Crippen LogP contribution is 2.38. The van der Waals surface area contributed by atoms with Crippen molar-refractivity contribution in [1.82, 2.24) is 4.90 Å². The van der Waals surface area contributed by atoms with E-state index >= 15 is 0 Å². The zero-order valence-electron chi connectivity index (χ0n) is 11.9. The summed E-state index contributed by atoms with van der Waals surface area (Å²) in [7, 11) is 2.12. The van der Waals surface area contributed by atoms with Gasteiger partial charge in [-0.2, -0.15) is 0 Å². The van der Waals surface area contributed by atoms with Crippen LogP contribution < -0.4 is 15.8 Å². The van der Waals surface area contributed by atoms with E-state index in [9.17, 15) is 4.79 Å². The van der Waals surface area contributed by atoms with Crippen LogP contribution in [0, 0.1) is 5.92 Å². The van der Waals surface area contributed by atoms with Crippen molar-refractivity contribution in [2.24, 2.45) is 11.7 Å². The van der Waals surface area contributed by atoms with Gasteiger partial charge in [-0.1, -0.05) is 6.07 Å². The van der Waals surface area contributed by atoms with Crippen LogP contribution in [0.1, 0.15) is 24.9 Å². The van der Waals surface area contributed by atoms with Crippen molar-refractivity contribution in [2.45, 2.75) is 25.5 Å². The normalized spacial score (nSPS) is 29.8. The molecule has 2 aliphatic rings. The van der Waals surface area contributed by atoms with Crippen LogP contribution in [0.5, 0.6) is 5.75 Å². The van der Waals surface area contributed by atoms with Gasteiger partial charge >= 0.3 is 0 Å². The summed E-state index contributed by atoms with van der Waals surface area (Å²) < 4.78 is 5.59. The summed E-state index contributed by atoms with van der Waals surface area (Å²) in [6.45, 7) is 3.50. The second kappa shape index (κ2) is 5.07.